The fraction of sp³-hybridized carbons (Fsp3) is 0.450. The zero-order valence-corrected chi connectivity index (χ0v) is 14.8. The SMILES string of the molecule is Cc1ncc(C(=O)N2CCC3(CC2)[C@H](O)C[C@@H]3O)c(-c2ccccc2)n1. The lowest BCUT2D eigenvalue weighted by Gasteiger charge is -2.55. The molecule has 1 spiro atoms. The van der Waals surface area contributed by atoms with Crippen LogP contribution in [-0.2, 0) is 0 Å². The topological polar surface area (TPSA) is 86.6 Å². The molecule has 2 atom stereocenters. The Hall–Kier alpha value is -2.31. The molecule has 0 bridgehead atoms. The Morgan fingerprint density at radius 2 is 1.81 bits per heavy atom. The van der Waals surface area contributed by atoms with Gasteiger partial charge >= 0.3 is 0 Å². The first kappa shape index (κ1) is 17.1. The number of amides is 1. The standard InChI is InChI=1S/C20H23N3O3/c1-13-21-12-15(18(22-13)14-5-3-2-4-6-14)19(26)23-9-7-20(8-10-23)16(24)11-17(20)25/h2-6,12,16-17,24-25H,7-11H2,1H3/t16-,17+. The highest BCUT2D eigenvalue weighted by atomic mass is 16.3. The van der Waals surface area contributed by atoms with Gasteiger partial charge in [0, 0.05) is 36.7 Å². The van der Waals surface area contributed by atoms with Gasteiger partial charge in [0.2, 0.25) is 0 Å². The van der Waals surface area contributed by atoms with Gasteiger partial charge in [0.15, 0.2) is 0 Å². The number of carbonyl (C=O) groups is 1. The summed E-state index contributed by atoms with van der Waals surface area (Å²) in [5, 5.41) is 20.2. The fourth-order valence-electron chi connectivity index (χ4n) is 4.15. The summed E-state index contributed by atoms with van der Waals surface area (Å²) in [6, 6.07) is 9.64. The molecule has 1 saturated carbocycles. The van der Waals surface area contributed by atoms with E-state index in [-0.39, 0.29) is 5.91 Å². The highest BCUT2D eigenvalue weighted by molar-refractivity contribution is 5.99. The quantitative estimate of drug-likeness (QED) is 0.860. The van der Waals surface area contributed by atoms with E-state index in [9.17, 15) is 15.0 Å². The second-order valence-corrected chi connectivity index (χ2v) is 7.34. The summed E-state index contributed by atoms with van der Waals surface area (Å²) in [6.07, 6.45) is 2.36. The minimum atomic E-state index is -0.461. The summed E-state index contributed by atoms with van der Waals surface area (Å²) >= 11 is 0. The highest BCUT2D eigenvalue weighted by Gasteiger charge is 2.55. The average molecular weight is 353 g/mol. The molecule has 2 aliphatic rings. The lowest BCUT2D eigenvalue weighted by atomic mass is 9.58. The number of aryl methyl sites for hydroxylation is 1. The van der Waals surface area contributed by atoms with E-state index in [1.165, 1.54) is 0 Å². The van der Waals surface area contributed by atoms with Crippen LogP contribution < -0.4 is 0 Å². The summed E-state index contributed by atoms with van der Waals surface area (Å²) in [5.41, 5.74) is 1.60. The first-order chi connectivity index (χ1) is 12.5. The molecule has 2 fully saturated rings. The number of likely N-dealkylation sites (tertiary alicyclic amines) is 1. The van der Waals surface area contributed by atoms with Crippen LogP contribution in [0.2, 0.25) is 0 Å². The number of aliphatic hydroxyl groups excluding tert-OH is 2. The van der Waals surface area contributed by atoms with Gasteiger partial charge in [0.25, 0.3) is 5.91 Å². The molecule has 1 aromatic carbocycles. The summed E-state index contributed by atoms with van der Waals surface area (Å²) < 4.78 is 0. The largest absolute Gasteiger partial charge is 0.392 e. The third kappa shape index (κ3) is 2.70. The molecule has 4 rings (SSSR count). The van der Waals surface area contributed by atoms with Gasteiger partial charge in [-0.25, -0.2) is 9.97 Å². The molecule has 2 heterocycles. The van der Waals surface area contributed by atoms with Crippen LogP contribution in [0.25, 0.3) is 11.3 Å². The van der Waals surface area contributed by atoms with Crippen molar-refractivity contribution >= 4 is 5.91 Å². The van der Waals surface area contributed by atoms with Gasteiger partial charge in [-0.1, -0.05) is 30.3 Å². The van der Waals surface area contributed by atoms with Gasteiger partial charge < -0.3 is 15.1 Å². The maximum atomic E-state index is 13.1. The number of rotatable bonds is 2. The summed E-state index contributed by atoms with van der Waals surface area (Å²) in [4.78, 5) is 23.6. The number of benzene rings is 1. The molecule has 1 aliphatic carbocycles. The van der Waals surface area contributed by atoms with Crippen molar-refractivity contribution < 1.29 is 15.0 Å². The predicted octanol–water partition coefficient (Wildman–Crippen LogP) is 1.80. The van der Waals surface area contributed by atoms with Gasteiger partial charge in [-0.05, 0) is 19.8 Å². The smallest absolute Gasteiger partial charge is 0.257 e. The van der Waals surface area contributed by atoms with Crippen LogP contribution in [0.4, 0.5) is 0 Å². The molecular formula is C20H23N3O3. The Morgan fingerprint density at radius 3 is 2.42 bits per heavy atom. The van der Waals surface area contributed by atoms with Gasteiger partial charge in [-0.15, -0.1) is 0 Å². The Bertz CT molecular complexity index is 806. The molecule has 1 aromatic heterocycles. The van der Waals surface area contributed by atoms with E-state index in [1.54, 1.807) is 11.1 Å². The van der Waals surface area contributed by atoms with Crippen molar-refractivity contribution in [3.63, 3.8) is 0 Å². The molecule has 0 unspecified atom stereocenters. The van der Waals surface area contributed by atoms with E-state index in [2.05, 4.69) is 9.97 Å². The monoisotopic (exact) mass is 353 g/mol. The molecule has 26 heavy (non-hydrogen) atoms. The van der Waals surface area contributed by atoms with Gasteiger partial charge in [0.05, 0.1) is 23.5 Å². The van der Waals surface area contributed by atoms with Crippen LogP contribution in [0.3, 0.4) is 0 Å². The molecule has 1 amide bonds. The second kappa shape index (κ2) is 6.45. The molecule has 1 saturated heterocycles. The number of hydrogen-bond donors (Lipinski definition) is 2. The Kier molecular flexibility index (Phi) is 4.25. The number of aromatic nitrogens is 2. The minimum absolute atomic E-state index is 0.0954. The molecular weight excluding hydrogens is 330 g/mol. The fourth-order valence-corrected chi connectivity index (χ4v) is 4.15. The van der Waals surface area contributed by atoms with E-state index < -0.39 is 17.6 Å². The van der Waals surface area contributed by atoms with Crippen molar-refractivity contribution in [2.75, 3.05) is 13.1 Å². The minimum Gasteiger partial charge on any atom is -0.392 e. The zero-order chi connectivity index (χ0) is 18.3. The van der Waals surface area contributed by atoms with E-state index in [4.69, 9.17) is 0 Å². The number of piperidine rings is 1. The summed E-state index contributed by atoms with van der Waals surface area (Å²) in [6.45, 7) is 2.86. The first-order valence-electron chi connectivity index (χ1n) is 9.06. The van der Waals surface area contributed by atoms with Crippen LogP contribution in [0, 0.1) is 12.3 Å². The Morgan fingerprint density at radius 1 is 1.15 bits per heavy atom. The lowest BCUT2D eigenvalue weighted by molar-refractivity contribution is -0.187. The van der Waals surface area contributed by atoms with Crippen molar-refractivity contribution in [3.8, 4) is 11.3 Å². The second-order valence-electron chi connectivity index (χ2n) is 7.34. The van der Waals surface area contributed by atoms with E-state index in [0.717, 1.165) is 5.56 Å². The van der Waals surface area contributed by atoms with Gasteiger partial charge in [-0.3, -0.25) is 4.79 Å². The van der Waals surface area contributed by atoms with E-state index in [0.29, 0.717) is 49.4 Å². The Balaban J connectivity index is 1.58. The third-order valence-electron chi connectivity index (χ3n) is 5.94. The van der Waals surface area contributed by atoms with Gasteiger partial charge in [0.1, 0.15) is 5.82 Å². The maximum absolute atomic E-state index is 13.1. The van der Waals surface area contributed by atoms with E-state index in [1.807, 2.05) is 37.3 Å². The van der Waals surface area contributed by atoms with Crippen molar-refractivity contribution in [2.24, 2.45) is 5.41 Å². The van der Waals surface area contributed by atoms with Gasteiger partial charge in [-0.2, -0.15) is 0 Å². The number of hydrogen-bond acceptors (Lipinski definition) is 5. The molecule has 136 valence electrons. The zero-order valence-electron chi connectivity index (χ0n) is 14.8. The summed E-state index contributed by atoms with van der Waals surface area (Å²) in [5.74, 6) is 0.528. The highest BCUT2D eigenvalue weighted by Crippen LogP contribution is 2.49. The predicted molar refractivity (Wildman–Crippen MR) is 96.4 cm³/mol. The Labute approximate surface area is 152 Å². The number of carbonyl (C=O) groups excluding carboxylic acids is 1. The van der Waals surface area contributed by atoms with Crippen molar-refractivity contribution in [1.29, 1.82) is 0 Å². The molecule has 6 nitrogen and oxygen atoms in total. The van der Waals surface area contributed by atoms with Crippen molar-refractivity contribution in [1.82, 2.24) is 14.9 Å². The molecule has 6 heteroatoms. The molecule has 2 N–H and O–H groups in total. The molecule has 0 radical (unpaired) electrons. The van der Waals surface area contributed by atoms with Crippen LogP contribution in [0.5, 0.6) is 0 Å². The lowest BCUT2D eigenvalue weighted by Crippen LogP contribution is -2.61. The van der Waals surface area contributed by atoms with Crippen LogP contribution in [0.15, 0.2) is 36.5 Å². The summed E-state index contributed by atoms with van der Waals surface area (Å²) in [7, 11) is 0. The number of aliphatic hydroxyl groups is 2. The van der Waals surface area contributed by atoms with Crippen LogP contribution in [-0.4, -0.2) is 56.3 Å². The molecule has 1 aliphatic heterocycles. The van der Waals surface area contributed by atoms with Crippen molar-refractivity contribution in [3.05, 3.63) is 47.9 Å². The van der Waals surface area contributed by atoms with E-state index >= 15 is 0 Å². The van der Waals surface area contributed by atoms with Crippen LogP contribution in [0.1, 0.15) is 35.4 Å². The van der Waals surface area contributed by atoms with Crippen molar-refractivity contribution in [2.45, 2.75) is 38.4 Å². The number of nitrogens with zero attached hydrogens (tertiary/aromatic N) is 3. The first-order valence-corrected chi connectivity index (χ1v) is 9.06. The normalized spacial score (nSPS) is 24.3. The molecule has 2 aromatic rings. The maximum Gasteiger partial charge on any atom is 0.257 e. The van der Waals surface area contributed by atoms with Crippen LogP contribution >= 0.6 is 0 Å². The average Bonchev–Trinajstić information content (AvgIpc) is 2.68. The third-order valence-corrected chi connectivity index (χ3v) is 5.94.